The van der Waals surface area contributed by atoms with Gasteiger partial charge in [0.1, 0.15) is 0 Å². The molecule has 18 heavy (non-hydrogen) atoms. The minimum atomic E-state index is 0.287. The number of nitrogens with one attached hydrogen (secondary N) is 1. The predicted molar refractivity (Wildman–Crippen MR) is 71.4 cm³/mol. The Morgan fingerprint density at radius 3 is 2.83 bits per heavy atom. The molecule has 1 saturated carbocycles. The van der Waals surface area contributed by atoms with Crippen molar-refractivity contribution in [2.75, 3.05) is 39.9 Å². The zero-order chi connectivity index (χ0) is 12.8. The van der Waals surface area contributed by atoms with Gasteiger partial charge in [0.05, 0.1) is 6.61 Å². The highest BCUT2D eigenvalue weighted by Crippen LogP contribution is 2.26. The summed E-state index contributed by atoms with van der Waals surface area (Å²) in [5, 5.41) is 3.13. The lowest BCUT2D eigenvalue weighted by Gasteiger charge is -2.33. The predicted octanol–water partition coefficient (Wildman–Crippen LogP) is 1.26. The first kappa shape index (κ1) is 13.8. The van der Waals surface area contributed by atoms with E-state index in [0.29, 0.717) is 11.8 Å². The van der Waals surface area contributed by atoms with Gasteiger partial charge in [0.15, 0.2) is 0 Å². The minimum absolute atomic E-state index is 0.287. The summed E-state index contributed by atoms with van der Waals surface area (Å²) in [6.07, 6.45) is 5.90. The molecule has 0 aromatic heterocycles. The molecule has 1 aliphatic heterocycles. The third kappa shape index (κ3) is 3.95. The zero-order valence-corrected chi connectivity index (χ0v) is 11.5. The Morgan fingerprint density at radius 2 is 2.17 bits per heavy atom. The van der Waals surface area contributed by atoms with Gasteiger partial charge in [-0.2, -0.15) is 0 Å². The van der Waals surface area contributed by atoms with Crippen LogP contribution >= 0.6 is 0 Å². The number of rotatable bonds is 6. The van der Waals surface area contributed by atoms with Gasteiger partial charge in [-0.25, -0.2) is 0 Å². The highest BCUT2D eigenvalue weighted by Gasteiger charge is 2.26. The molecule has 2 fully saturated rings. The molecule has 1 amide bonds. The van der Waals surface area contributed by atoms with Gasteiger partial charge >= 0.3 is 0 Å². The highest BCUT2D eigenvalue weighted by molar-refractivity contribution is 5.79. The minimum Gasteiger partial charge on any atom is -0.383 e. The van der Waals surface area contributed by atoms with Gasteiger partial charge in [-0.3, -0.25) is 4.79 Å². The molecule has 4 nitrogen and oxygen atoms in total. The van der Waals surface area contributed by atoms with E-state index >= 15 is 0 Å². The van der Waals surface area contributed by atoms with Crippen LogP contribution < -0.4 is 5.32 Å². The summed E-state index contributed by atoms with van der Waals surface area (Å²) in [4.78, 5) is 14.2. The second-order valence-electron chi connectivity index (χ2n) is 5.67. The molecule has 0 bridgehead atoms. The quantitative estimate of drug-likeness (QED) is 0.776. The Hall–Kier alpha value is -0.610. The molecular formula is C14H26N2O2. The second kappa shape index (κ2) is 7.10. The SMILES string of the molecule is COCCN1CCCC(CNC(=O)C2CCC2)C1. The molecule has 104 valence electrons. The lowest BCUT2D eigenvalue weighted by atomic mass is 9.84. The molecule has 1 heterocycles. The van der Waals surface area contributed by atoms with Crippen molar-refractivity contribution < 1.29 is 9.53 Å². The van der Waals surface area contributed by atoms with Crippen LogP contribution in [0.5, 0.6) is 0 Å². The maximum atomic E-state index is 11.8. The van der Waals surface area contributed by atoms with Crippen molar-refractivity contribution >= 4 is 5.91 Å². The van der Waals surface area contributed by atoms with E-state index in [1.165, 1.54) is 25.8 Å². The van der Waals surface area contributed by atoms with Crippen LogP contribution in [0, 0.1) is 11.8 Å². The van der Waals surface area contributed by atoms with Crippen molar-refractivity contribution in [3.05, 3.63) is 0 Å². The number of nitrogens with zero attached hydrogens (tertiary/aromatic N) is 1. The van der Waals surface area contributed by atoms with E-state index in [1.807, 2.05) is 0 Å². The van der Waals surface area contributed by atoms with E-state index in [0.717, 1.165) is 39.1 Å². The molecular weight excluding hydrogens is 228 g/mol. The molecule has 1 atom stereocenters. The average molecular weight is 254 g/mol. The van der Waals surface area contributed by atoms with E-state index in [2.05, 4.69) is 10.2 Å². The van der Waals surface area contributed by atoms with E-state index < -0.39 is 0 Å². The van der Waals surface area contributed by atoms with Crippen molar-refractivity contribution in [2.24, 2.45) is 11.8 Å². The van der Waals surface area contributed by atoms with Crippen molar-refractivity contribution in [1.29, 1.82) is 0 Å². The molecule has 1 saturated heterocycles. The Kier molecular flexibility index (Phi) is 5.45. The van der Waals surface area contributed by atoms with Crippen LogP contribution in [-0.4, -0.2) is 50.7 Å². The molecule has 0 spiro atoms. The molecule has 2 rings (SSSR count). The van der Waals surface area contributed by atoms with E-state index in [-0.39, 0.29) is 5.91 Å². The number of methoxy groups -OCH3 is 1. The zero-order valence-electron chi connectivity index (χ0n) is 11.5. The third-order valence-corrected chi connectivity index (χ3v) is 4.26. The summed E-state index contributed by atoms with van der Waals surface area (Å²) in [6.45, 7) is 4.97. The number of hydrogen-bond donors (Lipinski definition) is 1. The normalized spacial score (nSPS) is 25.7. The van der Waals surface area contributed by atoms with Gasteiger partial charge in [-0.1, -0.05) is 6.42 Å². The van der Waals surface area contributed by atoms with Gasteiger partial charge in [-0.05, 0) is 38.1 Å². The summed E-state index contributed by atoms with van der Waals surface area (Å²) in [5.41, 5.74) is 0. The number of ether oxygens (including phenoxy) is 1. The van der Waals surface area contributed by atoms with Crippen LogP contribution in [0.2, 0.25) is 0 Å². The standard InChI is InChI=1S/C14H26N2O2/c1-18-9-8-16-7-3-4-12(11-16)10-15-14(17)13-5-2-6-13/h12-13H,2-11H2,1H3,(H,15,17). The van der Waals surface area contributed by atoms with Gasteiger partial charge in [-0.15, -0.1) is 0 Å². The maximum Gasteiger partial charge on any atom is 0.223 e. The van der Waals surface area contributed by atoms with Crippen molar-refractivity contribution in [2.45, 2.75) is 32.1 Å². The summed E-state index contributed by atoms with van der Waals surface area (Å²) >= 11 is 0. The lowest BCUT2D eigenvalue weighted by Crippen LogP contribution is -2.43. The van der Waals surface area contributed by atoms with E-state index in [4.69, 9.17) is 4.74 Å². The second-order valence-corrected chi connectivity index (χ2v) is 5.67. The summed E-state index contributed by atoms with van der Waals surface area (Å²) in [6, 6.07) is 0. The number of carbonyl (C=O) groups excluding carboxylic acids is 1. The molecule has 1 aliphatic carbocycles. The number of carbonyl (C=O) groups is 1. The van der Waals surface area contributed by atoms with Crippen LogP contribution in [0.1, 0.15) is 32.1 Å². The molecule has 0 aromatic rings. The molecule has 0 radical (unpaired) electrons. The first-order valence-electron chi connectivity index (χ1n) is 7.28. The van der Waals surface area contributed by atoms with Crippen LogP contribution in [0.15, 0.2) is 0 Å². The number of piperidine rings is 1. The Bertz CT molecular complexity index is 267. The molecule has 1 N–H and O–H groups in total. The van der Waals surface area contributed by atoms with Gasteiger partial charge in [0.2, 0.25) is 5.91 Å². The molecule has 0 aromatic carbocycles. The summed E-state index contributed by atoms with van der Waals surface area (Å²) < 4.78 is 5.12. The van der Waals surface area contributed by atoms with E-state index in [9.17, 15) is 4.79 Å². The van der Waals surface area contributed by atoms with Crippen LogP contribution in [-0.2, 0) is 9.53 Å². The largest absolute Gasteiger partial charge is 0.383 e. The first-order valence-corrected chi connectivity index (χ1v) is 7.28. The van der Waals surface area contributed by atoms with Crippen molar-refractivity contribution in [3.8, 4) is 0 Å². The fourth-order valence-electron chi connectivity index (χ4n) is 2.80. The van der Waals surface area contributed by atoms with Crippen LogP contribution in [0.3, 0.4) is 0 Å². The van der Waals surface area contributed by atoms with Gasteiger partial charge in [0, 0.05) is 32.7 Å². The van der Waals surface area contributed by atoms with Gasteiger partial charge in [0.25, 0.3) is 0 Å². The Morgan fingerprint density at radius 1 is 1.33 bits per heavy atom. The fraction of sp³-hybridized carbons (Fsp3) is 0.929. The summed E-state index contributed by atoms with van der Waals surface area (Å²) in [7, 11) is 1.75. The van der Waals surface area contributed by atoms with Crippen LogP contribution in [0.25, 0.3) is 0 Å². The van der Waals surface area contributed by atoms with Crippen molar-refractivity contribution in [1.82, 2.24) is 10.2 Å². The maximum absolute atomic E-state index is 11.8. The topological polar surface area (TPSA) is 41.6 Å². The van der Waals surface area contributed by atoms with Crippen molar-refractivity contribution in [3.63, 3.8) is 0 Å². The molecule has 4 heteroatoms. The molecule has 2 aliphatic rings. The third-order valence-electron chi connectivity index (χ3n) is 4.26. The highest BCUT2D eigenvalue weighted by atomic mass is 16.5. The average Bonchev–Trinajstić information content (AvgIpc) is 2.32. The smallest absolute Gasteiger partial charge is 0.223 e. The number of likely N-dealkylation sites (tertiary alicyclic amines) is 1. The lowest BCUT2D eigenvalue weighted by molar-refractivity contribution is -0.127. The van der Waals surface area contributed by atoms with E-state index in [1.54, 1.807) is 7.11 Å². The van der Waals surface area contributed by atoms with Gasteiger partial charge < -0.3 is 15.0 Å². The number of hydrogen-bond acceptors (Lipinski definition) is 3. The fourth-order valence-corrected chi connectivity index (χ4v) is 2.80. The Balaban J connectivity index is 1.64. The Labute approximate surface area is 110 Å². The van der Waals surface area contributed by atoms with Crippen LogP contribution in [0.4, 0.5) is 0 Å². The monoisotopic (exact) mass is 254 g/mol. The number of amides is 1. The first-order chi connectivity index (χ1) is 8.79. The summed E-state index contributed by atoms with van der Waals surface area (Å²) in [5.74, 6) is 1.23. The molecule has 1 unspecified atom stereocenters.